The van der Waals surface area contributed by atoms with Crippen LogP contribution in [0.3, 0.4) is 0 Å². The second-order valence-corrected chi connectivity index (χ2v) is 4.68. The van der Waals surface area contributed by atoms with E-state index < -0.39 is 0 Å². The van der Waals surface area contributed by atoms with Crippen molar-refractivity contribution in [1.29, 1.82) is 0 Å². The third-order valence-electron chi connectivity index (χ3n) is 3.34. The summed E-state index contributed by atoms with van der Waals surface area (Å²) >= 11 is 0. The van der Waals surface area contributed by atoms with Crippen LogP contribution in [-0.4, -0.2) is 44.3 Å². The Balaban J connectivity index is 1.53. The van der Waals surface area contributed by atoms with Gasteiger partial charge in [-0.1, -0.05) is 0 Å². The molecule has 0 aromatic heterocycles. The number of carbonyl (C=O) groups is 1. The fourth-order valence-electron chi connectivity index (χ4n) is 2.36. The molecule has 2 aliphatic heterocycles. The zero-order valence-electron chi connectivity index (χ0n) is 9.72. The van der Waals surface area contributed by atoms with Crippen molar-refractivity contribution >= 4 is 6.03 Å². The maximum Gasteiger partial charge on any atom is 0.314 e. The minimum atomic E-state index is -0.0394. The van der Waals surface area contributed by atoms with E-state index in [2.05, 4.69) is 21.3 Å². The summed E-state index contributed by atoms with van der Waals surface area (Å²) in [6.45, 7) is 3.65. The Kier molecular flexibility index (Phi) is 4.42. The summed E-state index contributed by atoms with van der Waals surface area (Å²) in [7, 11) is 0. The number of hydrogen-bond acceptors (Lipinski definition) is 3. The van der Waals surface area contributed by atoms with Crippen molar-refractivity contribution < 1.29 is 4.79 Å². The standard InChI is InChI=1S/C11H22N4O/c16-11(14-7-9-3-1-5-12-9)15-8-10-4-2-6-13-10/h9-10,12-13H,1-8H2,(H2,14,15,16). The fourth-order valence-corrected chi connectivity index (χ4v) is 2.36. The molecule has 16 heavy (non-hydrogen) atoms. The van der Waals surface area contributed by atoms with Gasteiger partial charge in [0.05, 0.1) is 0 Å². The van der Waals surface area contributed by atoms with E-state index in [1.807, 2.05) is 0 Å². The van der Waals surface area contributed by atoms with Crippen molar-refractivity contribution in [3.8, 4) is 0 Å². The summed E-state index contributed by atoms with van der Waals surface area (Å²) in [5, 5.41) is 12.5. The Labute approximate surface area is 96.7 Å². The van der Waals surface area contributed by atoms with Gasteiger partial charge < -0.3 is 21.3 Å². The predicted molar refractivity (Wildman–Crippen MR) is 63.5 cm³/mol. The van der Waals surface area contributed by atoms with E-state index in [-0.39, 0.29) is 6.03 Å². The molecule has 2 aliphatic rings. The molecule has 0 saturated carbocycles. The molecular weight excluding hydrogens is 204 g/mol. The molecule has 92 valence electrons. The van der Waals surface area contributed by atoms with Crippen molar-refractivity contribution in [2.24, 2.45) is 0 Å². The molecule has 2 saturated heterocycles. The smallest absolute Gasteiger partial charge is 0.314 e. The van der Waals surface area contributed by atoms with Gasteiger partial charge in [0.25, 0.3) is 0 Å². The Morgan fingerprint density at radius 2 is 1.50 bits per heavy atom. The third kappa shape index (κ3) is 3.64. The van der Waals surface area contributed by atoms with E-state index in [0.717, 1.165) is 26.2 Å². The van der Waals surface area contributed by atoms with Crippen LogP contribution < -0.4 is 21.3 Å². The van der Waals surface area contributed by atoms with Gasteiger partial charge in [-0.15, -0.1) is 0 Å². The third-order valence-corrected chi connectivity index (χ3v) is 3.34. The molecule has 0 radical (unpaired) electrons. The quantitative estimate of drug-likeness (QED) is 0.536. The van der Waals surface area contributed by atoms with Gasteiger partial charge in [-0.3, -0.25) is 0 Å². The van der Waals surface area contributed by atoms with Crippen LogP contribution in [0.25, 0.3) is 0 Å². The monoisotopic (exact) mass is 226 g/mol. The Hall–Kier alpha value is -0.810. The van der Waals surface area contributed by atoms with Gasteiger partial charge in [0.1, 0.15) is 0 Å². The van der Waals surface area contributed by atoms with Gasteiger partial charge in [-0.2, -0.15) is 0 Å². The Bertz CT molecular complexity index is 200. The van der Waals surface area contributed by atoms with Crippen molar-refractivity contribution in [2.45, 2.75) is 37.8 Å². The summed E-state index contributed by atoms with van der Waals surface area (Å²) in [5.41, 5.74) is 0. The molecule has 2 rings (SSSR count). The number of carbonyl (C=O) groups excluding carboxylic acids is 1. The van der Waals surface area contributed by atoms with Gasteiger partial charge in [0.15, 0.2) is 0 Å². The van der Waals surface area contributed by atoms with Gasteiger partial charge >= 0.3 is 6.03 Å². The lowest BCUT2D eigenvalue weighted by molar-refractivity contribution is 0.239. The van der Waals surface area contributed by atoms with Gasteiger partial charge in [-0.05, 0) is 38.8 Å². The molecule has 0 aliphatic carbocycles. The van der Waals surface area contributed by atoms with Gasteiger partial charge in [-0.25, -0.2) is 4.79 Å². The number of rotatable bonds is 4. The molecule has 0 aromatic rings. The zero-order valence-corrected chi connectivity index (χ0v) is 9.72. The summed E-state index contributed by atoms with van der Waals surface area (Å²) < 4.78 is 0. The van der Waals surface area contributed by atoms with Crippen LogP contribution in [0.1, 0.15) is 25.7 Å². The van der Waals surface area contributed by atoms with E-state index in [1.165, 1.54) is 25.7 Å². The molecule has 2 atom stereocenters. The average Bonchev–Trinajstić information content (AvgIpc) is 2.96. The van der Waals surface area contributed by atoms with E-state index in [1.54, 1.807) is 0 Å². The van der Waals surface area contributed by atoms with Gasteiger partial charge in [0, 0.05) is 25.2 Å². The van der Waals surface area contributed by atoms with Crippen LogP contribution in [0.15, 0.2) is 0 Å². The van der Waals surface area contributed by atoms with Crippen LogP contribution in [0.2, 0.25) is 0 Å². The van der Waals surface area contributed by atoms with E-state index in [0.29, 0.717) is 12.1 Å². The molecule has 2 fully saturated rings. The lowest BCUT2D eigenvalue weighted by atomic mass is 10.2. The van der Waals surface area contributed by atoms with E-state index >= 15 is 0 Å². The molecule has 0 spiro atoms. The number of amides is 2. The number of nitrogens with one attached hydrogen (secondary N) is 4. The van der Waals surface area contributed by atoms with Crippen molar-refractivity contribution in [3.05, 3.63) is 0 Å². The first-order valence-corrected chi connectivity index (χ1v) is 6.33. The second kappa shape index (κ2) is 6.06. The Morgan fingerprint density at radius 3 is 1.88 bits per heavy atom. The summed E-state index contributed by atoms with van der Waals surface area (Å²) in [4.78, 5) is 11.5. The molecule has 2 heterocycles. The lowest BCUT2D eigenvalue weighted by Gasteiger charge is -2.14. The first-order chi connectivity index (χ1) is 7.84. The highest BCUT2D eigenvalue weighted by Crippen LogP contribution is 2.04. The van der Waals surface area contributed by atoms with Crippen molar-refractivity contribution in [1.82, 2.24) is 21.3 Å². The molecule has 5 nitrogen and oxygen atoms in total. The molecule has 5 heteroatoms. The highest BCUT2D eigenvalue weighted by Gasteiger charge is 2.16. The molecule has 4 N–H and O–H groups in total. The summed E-state index contributed by atoms with van der Waals surface area (Å²) in [6.07, 6.45) is 4.79. The number of hydrogen-bond donors (Lipinski definition) is 4. The topological polar surface area (TPSA) is 65.2 Å². The minimum Gasteiger partial charge on any atom is -0.337 e. The van der Waals surface area contributed by atoms with Crippen LogP contribution in [0, 0.1) is 0 Å². The average molecular weight is 226 g/mol. The highest BCUT2D eigenvalue weighted by molar-refractivity contribution is 5.73. The molecule has 0 bridgehead atoms. The SMILES string of the molecule is O=C(NCC1CCCN1)NCC1CCCN1. The first kappa shape index (κ1) is 11.7. The first-order valence-electron chi connectivity index (χ1n) is 6.33. The summed E-state index contributed by atoms with van der Waals surface area (Å²) in [6, 6.07) is 0.896. The molecular formula is C11H22N4O. The Morgan fingerprint density at radius 1 is 1.00 bits per heavy atom. The largest absolute Gasteiger partial charge is 0.337 e. The normalized spacial score (nSPS) is 29.2. The van der Waals surface area contributed by atoms with Crippen LogP contribution >= 0.6 is 0 Å². The van der Waals surface area contributed by atoms with Crippen LogP contribution in [-0.2, 0) is 0 Å². The second-order valence-electron chi connectivity index (χ2n) is 4.68. The summed E-state index contributed by atoms with van der Waals surface area (Å²) in [5.74, 6) is 0. The number of urea groups is 1. The van der Waals surface area contributed by atoms with E-state index in [9.17, 15) is 4.79 Å². The van der Waals surface area contributed by atoms with Crippen LogP contribution in [0.4, 0.5) is 4.79 Å². The van der Waals surface area contributed by atoms with Crippen LogP contribution in [0.5, 0.6) is 0 Å². The van der Waals surface area contributed by atoms with Crippen molar-refractivity contribution in [2.75, 3.05) is 26.2 Å². The maximum absolute atomic E-state index is 11.5. The maximum atomic E-state index is 11.5. The van der Waals surface area contributed by atoms with Gasteiger partial charge in [0.2, 0.25) is 0 Å². The zero-order chi connectivity index (χ0) is 11.2. The van der Waals surface area contributed by atoms with E-state index in [4.69, 9.17) is 0 Å². The lowest BCUT2D eigenvalue weighted by Crippen LogP contribution is -2.45. The highest BCUT2D eigenvalue weighted by atomic mass is 16.2. The predicted octanol–water partition coefficient (Wildman–Crippen LogP) is -0.210. The van der Waals surface area contributed by atoms with Crippen molar-refractivity contribution in [3.63, 3.8) is 0 Å². The fraction of sp³-hybridized carbons (Fsp3) is 0.909. The molecule has 2 unspecified atom stereocenters. The molecule has 0 aromatic carbocycles. The molecule has 2 amide bonds. The minimum absolute atomic E-state index is 0.0394.